The monoisotopic (exact) mass is 822 g/mol. The normalized spacial score (nSPS) is 20.3. The summed E-state index contributed by atoms with van der Waals surface area (Å²) >= 11 is 28.6. The molecule has 2 aliphatic rings. The van der Waals surface area contributed by atoms with E-state index in [9.17, 15) is 18.3 Å². The lowest BCUT2D eigenvalue weighted by atomic mass is 10.0. The molecule has 0 bridgehead atoms. The van der Waals surface area contributed by atoms with Crippen molar-refractivity contribution in [1.29, 1.82) is 0 Å². The Balaban J connectivity index is 0.000000205. The van der Waals surface area contributed by atoms with E-state index < -0.39 is 23.6 Å². The maximum absolute atomic E-state index is 13.1. The van der Waals surface area contributed by atoms with Gasteiger partial charge >= 0.3 is 6.18 Å². The Labute approximate surface area is 325 Å². The van der Waals surface area contributed by atoms with Crippen molar-refractivity contribution in [3.05, 3.63) is 90.1 Å². The Morgan fingerprint density at radius 1 is 0.843 bits per heavy atom. The summed E-state index contributed by atoms with van der Waals surface area (Å²) in [5.74, 6) is 1.63. The maximum Gasteiger partial charge on any atom is 0.416 e. The van der Waals surface area contributed by atoms with Crippen LogP contribution in [0.1, 0.15) is 71.8 Å². The number of halogens is 7. The lowest BCUT2D eigenvalue weighted by Crippen LogP contribution is -2.45. The molecule has 3 atom stereocenters. The minimum Gasteiger partial charge on any atom is -0.382 e. The maximum atomic E-state index is 13.1. The van der Waals surface area contributed by atoms with E-state index in [-0.39, 0.29) is 15.2 Å². The van der Waals surface area contributed by atoms with Crippen LogP contribution in [0.3, 0.4) is 0 Å². The highest BCUT2D eigenvalue weighted by atomic mass is 35.5. The largest absolute Gasteiger partial charge is 0.416 e. The van der Waals surface area contributed by atoms with Gasteiger partial charge in [0, 0.05) is 67.9 Å². The van der Waals surface area contributed by atoms with Gasteiger partial charge in [-0.2, -0.15) is 23.4 Å². The molecule has 0 spiro atoms. The number of nitrogens with one attached hydrogen (secondary N) is 1. The van der Waals surface area contributed by atoms with Crippen LogP contribution in [0.15, 0.2) is 36.4 Å². The molecule has 0 fully saturated rings. The number of aliphatic hydroxyl groups excluding tert-OH is 1. The number of aromatic nitrogens is 4. The Bertz CT molecular complexity index is 1910. The van der Waals surface area contributed by atoms with Crippen molar-refractivity contribution in [3.63, 3.8) is 0 Å². The lowest BCUT2D eigenvalue weighted by molar-refractivity contribution is -0.200. The number of rotatable bonds is 4. The molecule has 2 aromatic heterocycles. The molecule has 2 aliphatic heterocycles. The van der Waals surface area contributed by atoms with Crippen molar-refractivity contribution in [2.45, 2.75) is 73.8 Å². The number of hydrogen-bond acceptors (Lipinski definition) is 7. The molecular weight excluding hydrogens is 783 g/mol. The van der Waals surface area contributed by atoms with Gasteiger partial charge in [0.25, 0.3) is 0 Å². The highest BCUT2D eigenvalue weighted by Crippen LogP contribution is 2.53. The van der Waals surface area contributed by atoms with Gasteiger partial charge in [0.15, 0.2) is 6.10 Å². The zero-order valence-corrected chi connectivity index (χ0v) is 34.1. The topological polar surface area (TPSA) is 71.1 Å². The van der Waals surface area contributed by atoms with E-state index in [1.54, 1.807) is 40.5 Å². The van der Waals surface area contributed by atoms with Gasteiger partial charge in [-0.05, 0) is 76.9 Å². The van der Waals surface area contributed by atoms with Crippen LogP contribution in [0.4, 0.5) is 24.8 Å². The van der Waals surface area contributed by atoms with Gasteiger partial charge in [-0.25, -0.2) is 0 Å². The van der Waals surface area contributed by atoms with E-state index in [1.165, 1.54) is 5.56 Å². The second-order valence-electron chi connectivity index (χ2n) is 14.1. The smallest absolute Gasteiger partial charge is 0.382 e. The summed E-state index contributed by atoms with van der Waals surface area (Å²) < 4.78 is 42.4. The lowest BCUT2D eigenvalue weighted by Gasteiger charge is -2.33. The fraction of sp³-hybridized carbons (Fsp3) is 0.486. The fourth-order valence-corrected chi connectivity index (χ4v) is 10.8. The number of fused-ring (bicyclic) bond motifs is 2. The van der Waals surface area contributed by atoms with E-state index in [0.29, 0.717) is 38.1 Å². The quantitative estimate of drug-likeness (QED) is 0.212. The van der Waals surface area contributed by atoms with Gasteiger partial charge in [-0.1, -0.05) is 58.5 Å². The summed E-state index contributed by atoms with van der Waals surface area (Å²) in [7, 11) is 3.67. The van der Waals surface area contributed by atoms with Crippen molar-refractivity contribution in [3.8, 4) is 0 Å². The van der Waals surface area contributed by atoms with E-state index in [4.69, 9.17) is 46.4 Å². The van der Waals surface area contributed by atoms with Gasteiger partial charge in [0.05, 0.1) is 28.4 Å². The third-order valence-electron chi connectivity index (χ3n) is 8.72. The average molecular weight is 825 g/mol. The van der Waals surface area contributed by atoms with Crippen LogP contribution in [0.2, 0.25) is 20.1 Å². The first-order valence-corrected chi connectivity index (χ1v) is 19.4. The van der Waals surface area contributed by atoms with E-state index in [2.05, 4.69) is 36.3 Å². The first-order valence-electron chi connectivity index (χ1n) is 16.1. The molecular formula is C35H41Cl4F3N6OS2. The fourth-order valence-electron chi connectivity index (χ4n) is 6.54. The number of thioether (sulfide) groups is 2. The Hall–Kier alpha value is -1.93. The molecule has 4 aromatic rings. The molecule has 4 heterocycles. The van der Waals surface area contributed by atoms with Crippen LogP contribution < -0.4 is 10.2 Å². The van der Waals surface area contributed by atoms with E-state index in [0.717, 1.165) is 34.7 Å². The SMILES string of the molecule is Cc1nn(C)c2c1C(c1ccc(Cl)cc1Cl)SC(C)(C)CN2.Cc1nn(C)c2c1C(c1ccc(Cl)cc1Cl)SC(C)(C)CN2CC(O)C(F)(F)F. The number of alkyl halides is 3. The number of β-amino-alcohol motifs (C(OH)–C–C–N with tert-alkyl or cyclic N) is 1. The molecule has 0 aliphatic carbocycles. The standard InChI is InChI=1S/C19H22Cl2F3N3OS.C16H19Cl2N3S/c1-10-15-16(12-6-5-11(20)7-13(12)21)29-18(2,3)9-27(17(15)26(4)25-10)8-14(28)19(22,23)24;1-9-13-14(11-6-5-10(17)7-12(11)18)22-16(2,3)8-19-15(13)21(4)20-9/h5-7,14,16,28H,8-9H2,1-4H3;5-7,14,19H,8H2,1-4H3. The van der Waals surface area contributed by atoms with Crippen molar-refractivity contribution in [1.82, 2.24) is 19.6 Å². The second kappa shape index (κ2) is 15.1. The van der Waals surface area contributed by atoms with Crippen molar-refractivity contribution in [2.75, 3.05) is 29.9 Å². The Morgan fingerprint density at radius 3 is 1.86 bits per heavy atom. The predicted molar refractivity (Wildman–Crippen MR) is 209 cm³/mol. The molecule has 6 rings (SSSR count). The van der Waals surface area contributed by atoms with E-state index >= 15 is 0 Å². The van der Waals surface area contributed by atoms with Crippen LogP contribution in [0.25, 0.3) is 0 Å². The third-order valence-corrected chi connectivity index (χ3v) is 12.8. The molecule has 16 heteroatoms. The zero-order chi connectivity index (χ0) is 37.8. The summed E-state index contributed by atoms with van der Waals surface area (Å²) in [5, 5.41) is 24.6. The van der Waals surface area contributed by atoms with Gasteiger partial charge in [0.2, 0.25) is 0 Å². The summed E-state index contributed by atoms with van der Waals surface area (Å²) in [5.41, 5.74) is 5.65. The van der Waals surface area contributed by atoms with Crippen LogP contribution in [-0.2, 0) is 14.1 Å². The number of nitrogens with zero attached hydrogens (tertiary/aromatic N) is 5. The van der Waals surface area contributed by atoms with Gasteiger partial charge in [-0.15, -0.1) is 23.5 Å². The molecule has 3 unspecified atom stereocenters. The zero-order valence-electron chi connectivity index (χ0n) is 29.5. The number of hydrogen-bond donors (Lipinski definition) is 2. The minimum absolute atomic E-state index is 0.0824. The first kappa shape index (κ1) is 40.3. The highest BCUT2D eigenvalue weighted by molar-refractivity contribution is 8.01. The molecule has 0 radical (unpaired) electrons. The van der Waals surface area contributed by atoms with Crippen LogP contribution in [0, 0.1) is 13.8 Å². The molecule has 0 amide bonds. The third kappa shape index (κ3) is 8.90. The second-order valence-corrected chi connectivity index (χ2v) is 19.4. The Morgan fingerprint density at radius 2 is 1.33 bits per heavy atom. The predicted octanol–water partition coefficient (Wildman–Crippen LogP) is 10.4. The van der Waals surface area contributed by atoms with Crippen molar-refractivity contribution < 1.29 is 18.3 Å². The Kier molecular flexibility index (Phi) is 11.9. The number of benzene rings is 2. The molecule has 0 saturated heterocycles. The van der Waals surface area contributed by atoms with Gasteiger partial charge < -0.3 is 15.3 Å². The summed E-state index contributed by atoms with van der Waals surface area (Å²) in [6.07, 6.45) is -7.15. The number of anilines is 2. The minimum atomic E-state index is -4.70. The van der Waals surface area contributed by atoms with Crippen LogP contribution in [0.5, 0.6) is 0 Å². The number of aliphatic hydroxyl groups is 1. The average Bonchev–Trinajstić information content (AvgIpc) is 3.34. The van der Waals surface area contributed by atoms with Crippen LogP contribution in [-0.4, -0.2) is 66.1 Å². The molecule has 7 nitrogen and oxygen atoms in total. The molecule has 2 aromatic carbocycles. The molecule has 2 N–H and O–H groups in total. The van der Waals surface area contributed by atoms with Crippen molar-refractivity contribution in [2.24, 2.45) is 14.1 Å². The summed E-state index contributed by atoms with van der Waals surface area (Å²) in [4.78, 5) is 1.57. The number of aryl methyl sites for hydroxylation is 4. The highest BCUT2D eigenvalue weighted by Gasteiger charge is 2.44. The molecule has 51 heavy (non-hydrogen) atoms. The summed E-state index contributed by atoms with van der Waals surface area (Å²) in [6, 6.07) is 11.0. The van der Waals surface area contributed by atoms with E-state index in [1.807, 2.05) is 68.5 Å². The van der Waals surface area contributed by atoms with Crippen molar-refractivity contribution >= 4 is 81.6 Å². The first-order chi connectivity index (χ1) is 23.6. The molecule has 0 saturated carbocycles. The van der Waals surface area contributed by atoms with Gasteiger partial charge in [-0.3, -0.25) is 9.36 Å². The van der Waals surface area contributed by atoms with Crippen LogP contribution >= 0.6 is 69.9 Å². The van der Waals surface area contributed by atoms with Gasteiger partial charge in [0.1, 0.15) is 11.6 Å². The molecule has 278 valence electrons. The summed E-state index contributed by atoms with van der Waals surface area (Å²) in [6.45, 7) is 12.9.